The molecule has 0 fully saturated rings. The number of benzene rings is 1. The second-order valence-electron chi connectivity index (χ2n) is 4.31. The van der Waals surface area contributed by atoms with Crippen molar-refractivity contribution in [2.75, 3.05) is 0 Å². The average molecular weight is 356 g/mol. The van der Waals surface area contributed by atoms with Crippen molar-refractivity contribution in [3.05, 3.63) is 56.4 Å². The van der Waals surface area contributed by atoms with E-state index in [0.717, 1.165) is 17.7 Å². The summed E-state index contributed by atoms with van der Waals surface area (Å²) in [6.45, 7) is 1.80. The molecule has 0 saturated heterocycles. The number of ether oxygens (including phenoxy) is 1. The fraction of sp³-hybridized carbons (Fsp3) is 0.154. The van der Waals surface area contributed by atoms with Gasteiger partial charge in [0.05, 0.1) is 9.40 Å². The fourth-order valence-electron chi connectivity index (χ4n) is 1.58. The highest BCUT2D eigenvalue weighted by molar-refractivity contribution is 9.10. The normalized spacial score (nSPS) is 12.0. The van der Waals surface area contributed by atoms with Crippen LogP contribution < -0.4 is 10.5 Å². The van der Waals surface area contributed by atoms with Crippen LogP contribution in [0.2, 0.25) is 0 Å². The lowest BCUT2D eigenvalue weighted by Crippen LogP contribution is -2.05. The molecule has 0 radical (unpaired) electrons. The Bertz CT molecular complexity index is 677. The van der Waals surface area contributed by atoms with Gasteiger partial charge in [0.25, 0.3) is 0 Å². The third-order valence-corrected chi connectivity index (χ3v) is 3.31. The van der Waals surface area contributed by atoms with Crippen LogP contribution >= 0.6 is 15.9 Å². The number of hydrogen-bond donors (Lipinski definition) is 1. The topological polar surface area (TPSA) is 91.3 Å². The Morgan fingerprint density at radius 2 is 2.19 bits per heavy atom. The van der Waals surface area contributed by atoms with Crippen LogP contribution in [0.25, 0.3) is 0 Å². The lowest BCUT2D eigenvalue weighted by molar-refractivity contribution is -0.385. The second-order valence-corrected chi connectivity index (χ2v) is 5.17. The van der Waals surface area contributed by atoms with E-state index in [1.165, 1.54) is 12.3 Å². The molecule has 0 aliphatic carbocycles. The highest BCUT2D eigenvalue weighted by Crippen LogP contribution is 2.35. The summed E-state index contributed by atoms with van der Waals surface area (Å²) < 4.78 is 18.8. The lowest BCUT2D eigenvalue weighted by atomic mass is 10.2. The van der Waals surface area contributed by atoms with Gasteiger partial charge in [-0.15, -0.1) is 0 Å². The minimum absolute atomic E-state index is 0.0122. The van der Waals surface area contributed by atoms with Crippen LogP contribution in [0.4, 0.5) is 10.1 Å². The van der Waals surface area contributed by atoms with Gasteiger partial charge in [0, 0.05) is 30.4 Å². The Hall–Kier alpha value is -2.06. The predicted octanol–water partition coefficient (Wildman–Crippen LogP) is 3.70. The van der Waals surface area contributed by atoms with E-state index in [9.17, 15) is 14.5 Å². The van der Waals surface area contributed by atoms with Crippen molar-refractivity contribution in [3.8, 4) is 11.6 Å². The van der Waals surface area contributed by atoms with E-state index in [2.05, 4.69) is 20.9 Å². The molecule has 2 aromatic rings. The molecular formula is C13H11BrFN3O3. The minimum atomic E-state index is -0.664. The molecule has 8 heteroatoms. The van der Waals surface area contributed by atoms with Crippen LogP contribution in [0, 0.1) is 15.9 Å². The van der Waals surface area contributed by atoms with E-state index in [1.807, 2.05) is 0 Å². The molecule has 110 valence electrons. The van der Waals surface area contributed by atoms with Crippen LogP contribution in [0.15, 0.2) is 34.9 Å². The van der Waals surface area contributed by atoms with Gasteiger partial charge >= 0.3 is 5.69 Å². The Morgan fingerprint density at radius 1 is 1.48 bits per heavy atom. The molecular weight excluding hydrogens is 345 g/mol. The van der Waals surface area contributed by atoms with Crippen LogP contribution in [0.5, 0.6) is 11.6 Å². The third kappa shape index (κ3) is 3.53. The highest BCUT2D eigenvalue weighted by atomic mass is 79.9. The Balaban J connectivity index is 2.34. The summed E-state index contributed by atoms with van der Waals surface area (Å²) in [5, 5.41) is 11.0. The number of nitrogens with two attached hydrogens (primary N) is 1. The summed E-state index contributed by atoms with van der Waals surface area (Å²) >= 11 is 2.89. The number of nitro benzene ring substituents is 1. The molecule has 0 aliphatic rings. The first kappa shape index (κ1) is 15.3. The quantitative estimate of drug-likeness (QED) is 0.666. The standard InChI is InChI=1S/C13H11BrFN3O3/c1-7(16)8-2-3-13(17-6-8)21-12-5-10(15)9(14)4-11(12)18(19)20/h2-7H,16H2,1H3/t7-/m0/s1. The van der Waals surface area contributed by atoms with Crippen molar-refractivity contribution in [1.29, 1.82) is 0 Å². The van der Waals surface area contributed by atoms with E-state index in [4.69, 9.17) is 10.5 Å². The van der Waals surface area contributed by atoms with Gasteiger partial charge in [-0.3, -0.25) is 10.1 Å². The maximum atomic E-state index is 13.5. The number of halogens is 2. The molecule has 6 nitrogen and oxygen atoms in total. The van der Waals surface area contributed by atoms with E-state index in [0.29, 0.717) is 0 Å². The Labute approximate surface area is 128 Å². The maximum Gasteiger partial charge on any atom is 0.312 e. The molecule has 2 N–H and O–H groups in total. The first-order valence-electron chi connectivity index (χ1n) is 5.91. The van der Waals surface area contributed by atoms with Crippen molar-refractivity contribution in [2.24, 2.45) is 5.73 Å². The molecule has 1 heterocycles. The first-order valence-corrected chi connectivity index (χ1v) is 6.70. The predicted molar refractivity (Wildman–Crippen MR) is 77.7 cm³/mol. The molecule has 0 spiro atoms. The first-order chi connectivity index (χ1) is 9.88. The zero-order valence-electron chi connectivity index (χ0n) is 10.9. The van der Waals surface area contributed by atoms with Crippen molar-refractivity contribution in [2.45, 2.75) is 13.0 Å². The van der Waals surface area contributed by atoms with E-state index in [-0.39, 0.29) is 27.8 Å². The van der Waals surface area contributed by atoms with E-state index >= 15 is 0 Å². The van der Waals surface area contributed by atoms with Gasteiger partial charge < -0.3 is 10.5 Å². The van der Waals surface area contributed by atoms with Crippen molar-refractivity contribution in [3.63, 3.8) is 0 Å². The Morgan fingerprint density at radius 3 is 2.71 bits per heavy atom. The molecule has 0 amide bonds. The smallest absolute Gasteiger partial charge is 0.312 e. The summed E-state index contributed by atoms with van der Waals surface area (Å²) in [4.78, 5) is 14.3. The summed E-state index contributed by atoms with van der Waals surface area (Å²) in [5.41, 5.74) is 6.12. The molecule has 0 unspecified atom stereocenters. The zero-order valence-corrected chi connectivity index (χ0v) is 12.5. The Kier molecular flexibility index (Phi) is 4.49. The average Bonchev–Trinajstić information content (AvgIpc) is 2.43. The fourth-order valence-corrected chi connectivity index (χ4v) is 1.91. The number of nitrogens with zero attached hydrogens (tertiary/aromatic N) is 2. The van der Waals surface area contributed by atoms with Gasteiger partial charge in [-0.25, -0.2) is 9.37 Å². The van der Waals surface area contributed by atoms with Crippen LogP contribution in [0.3, 0.4) is 0 Å². The summed E-state index contributed by atoms with van der Waals surface area (Å²) in [5.74, 6) is -0.770. The van der Waals surface area contributed by atoms with Crippen molar-refractivity contribution in [1.82, 2.24) is 4.98 Å². The van der Waals surface area contributed by atoms with Crippen molar-refractivity contribution >= 4 is 21.6 Å². The number of hydrogen-bond acceptors (Lipinski definition) is 5. The van der Waals surface area contributed by atoms with Gasteiger partial charge in [0.1, 0.15) is 5.82 Å². The van der Waals surface area contributed by atoms with Crippen LogP contribution in [-0.2, 0) is 0 Å². The summed E-state index contributed by atoms with van der Waals surface area (Å²) in [6, 6.07) is 4.99. The number of aromatic nitrogens is 1. The minimum Gasteiger partial charge on any atom is -0.432 e. The molecule has 21 heavy (non-hydrogen) atoms. The van der Waals surface area contributed by atoms with Crippen LogP contribution in [0.1, 0.15) is 18.5 Å². The lowest BCUT2D eigenvalue weighted by Gasteiger charge is -2.08. The van der Waals surface area contributed by atoms with E-state index in [1.54, 1.807) is 13.0 Å². The van der Waals surface area contributed by atoms with Gasteiger partial charge in [-0.05, 0) is 28.4 Å². The van der Waals surface area contributed by atoms with Gasteiger partial charge in [0.15, 0.2) is 0 Å². The SMILES string of the molecule is C[C@H](N)c1ccc(Oc2cc(F)c(Br)cc2[N+](=O)[O-])nc1. The molecule has 2 rings (SSSR count). The molecule has 1 atom stereocenters. The van der Waals surface area contributed by atoms with Gasteiger partial charge in [-0.1, -0.05) is 6.07 Å². The van der Waals surface area contributed by atoms with Crippen LogP contribution in [-0.4, -0.2) is 9.91 Å². The highest BCUT2D eigenvalue weighted by Gasteiger charge is 2.20. The molecule has 0 saturated carbocycles. The number of pyridine rings is 1. The maximum absolute atomic E-state index is 13.5. The number of nitro groups is 1. The monoisotopic (exact) mass is 355 g/mol. The largest absolute Gasteiger partial charge is 0.432 e. The molecule has 0 aliphatic heterocycles. The van der Waals surface area contributed by atoms with E-state index < -0.39 is 10.7 Å². The number of rotatable bonds is 4. The summed E-state index contributed by atoms with van der Waals surface area (Å²) in [7, 11) is 0. The van der Waals surface area contributed by atoms with Gasteiger partial charge in [0.2, 0.25) is 11.6 Å². The molecule has 1 aromatic carbocycles. The molecule has 0 bridgehead atoms. The van der Waals surface area contributed by atoms with Crippen molar-refractivity contribution < 1.29 is 14.1 Å². The zero-order chi connectivity index (χ0) is 15.6. The van der Waals surface area contributed by atoms with Gasteiger partial charge in [-0.2, -0.15) is 0 Å². The summed E-state index contributed by atoms with van der Waals surface area (Å²) in [6.07, 6.45) is 1.50. The third-order valence-electron chi connectivity index (χ3n) is 2.70. The second kappa shape index (κ2) is 6.15. The molecule has 1 aromatic heterocycles.